The fourth-order valence-electron chi connectivity index (χ4n) is 4.73. The van der Waals surface area contributed by atoms with Gasteiger partial charge in [-0.15, -0.1) is 0 Å². The Balaban J connectivity index is 1.24. The first-order chi connectivity index (χ1) is 17.2. The van der Waals surface area contributed by atoms with Crippen molar-refractivity contribution in [2.75, 3.05) is 18.0 Å². The number of nitrogens with zero attached hydrogens (tertiary/aromatic N) is 3. The summed E-state index contributed by atoms with van der Waals surface area (Å²) in [5, 5.41) is 9.84. The summed E-state index contributed by atoms with van der Waals surface area (Å²) in [5.74, 6) is 1.05. The molecule has 5 heterocycles. The Kier molecular flexibility index (Phi) is 5.75. The minimum atomic E-state index is -0.458. The number of pyridine rings is 2. The van der Waals surface area contributed by atoms with Gasteiger partial charge in [-0.3, -0.25) is 9.69 Å². The standard InChI is InChI=1S/C25H24N6O3S/c32-23(29-15-4-3-11-26-14-15)22-21-20-18(10-13-28-24(20)35-22)31(25(33)30-21)16-6-8-17(9-7-16)34-19-5-1-2-12-27-19/h1-2,5-10,12-13,15,21-22,26H,3-4,11,14H2,(H,29,32)(H,30,33)/t15?,21?,22-/m1/s1. The maximum atomic E-state index is 13.3. The van der Waals surface area contributed by atoms with Gasteiger partial charge in [0.05, 0.1) is 17.4 Å². The Morgan fingerprint density at radius 1 is 1.11 bits per heavy atom. The lowest BCUT2D eigenvalue weighted by Crippen LogP contribution is -2.52. The number of thioether (sulfide) groups is 1. The van der Waals surface area contributed by atoms with E-state index in [0.29, 0.717) is 17.3 Å². The summed E-state index contributed by atoms with van der Waals surface area (Å²) in [6.45, 7) is 1.75. The molecule has 3 aliphatic rings. The average molecular weight is 489 g/mol. The maximum absolute atomic E-state index is 13.3. The Morgan fingerprint density at radius 3 is 2.77 bits per heavy atom. The van der Waals surface area contributed by atoms with Gasteiger partial charge in [0.1, 0.15) is 16.0 Å². The van der Waals surface area contributed by atoms with Crippen molar-refractivity contribution in [1.29, 1.82) is 0 Å². The number of urea groups is 1. The third-order valence-corrected chi connectivity index (χ3v) is 7.65. The zero-order valence-electron chi connectivity index (χ0n) is 18.8. The zero-order chi connectivity index (χ0) is 23.8. The first kappa shape index (κ1) is 21.9. The SMILES string of the molecule is O=C(NC1CCCNC1)[C@@H]1Sc2nccc3c2C1NC(=O)N3c1ccc(Oc2ccccn2)cc1. The molecular weight excluding hydrogens is 464 g/mol. The largest absolute Gasteiger partial charge is 0.439 e. The number of hydrogen-bond donors (Lipinski definition) is 3. The van der Waals surface area contributed by atoms with Crippen molar-refractivity contribution in [2.24, 2.45) is 0 Å². The third-order valence-electron chi connectivity index (χ3n) is 6.36. The monoisotopic (exact) mass is 488 g/mol. The molecule has 35 heavy (non-hydrogen) atoms. The number of benzene rings is 1. The molecule has 2 aromatic heterocycles. The van der Waals surface area contributed by atoms with Gasteiger partial charge in [0.2, 0.25) is 11.8 Å². The molecule has 0 aliphatic carbocycles. The minimum Gasteiger partial charge on any atom is -0.439 e. The van der Waals surface area contributed by atoms with E-state index in [1.165, 1.54) is 11.8 Å². The Hall–Kier alpha value is -3.63. The first-order valence-electron chi connectivity index (χ1n) is 11.6. The van der Waals surface area contributed by atoms with Crippen LogP contribution in [0.3, 0.4) is 0 Å². The van der Waals surface area contributed by atoms with Gasteiger partial charge >= 0.3 is 6.03 Å². The van der Waals surface area contributed by atoms with Crippen LogP contribution in [0.5, 0.6) is 11.6 Å². The van der Waals surface area contributed by atoms with Crippen LogP contribution in [0.2, 0.25) is 0 Å². The van der Waals surface area contributed by atoms with E-state index < -0.39 is 11.3 Å². The highest BCUT2D eigenvalue weighted by molar-refractivity contribution is 8.01. The summed E-state index contributed by atoms with van der Waals surface area (Å²) >= 11 is 1.41. The second-order valence-electron chi connectivity index (χ2n) is 8.67. The molecule has 0 radical (unpaired) electrons. The summed E-state index contributed by atoms with van der Waals surface area (Å²) in [7, 11) is 0. The molecule has 9 nitrogen and oxygen atoms in total. The van der Waals surface area contributed by atoms with Gasteiger partial charge in [0, 0.05) is 36.6 Å². The summed E-state index contributed by atoms with van der Waals surface area (Å²) in [6.07, 6.45) is 5.35. The van der Waals surface area contributed by atoms with Crippen LogP contribution in [0.1, 0.15) is 24.4 Å². The zero-order valence-corrected chi connectivity index (χ0v) is 19.6. The number of carbonyl (C=O) groups excluding carboxylic acids is 2. The number of aromatic nitrogens is 2. The van der Waals surface area contributed by atoms with Gasteiger partial charge < -0.3 is 20.7 Å². The number of rotatable bonds is 5. The second kappa shape index (κ2) is 9.20. The van der Waals surface area contributed by atoms with Crippen LogP contribution < -0.4 is 25.6 Å². The summed E-state index contributed by atoms with van der Waals surface area (Å²) in [6, 6.07) is 13.9. The molecule has 0 spiro atoms. The highest BCUT2D eigenvalue weighted by atomic mass is 32.2. The van der Waals surface area contributed by atoms with Crippen molar-refractivity contribution in [3.05, 3.63) is 66.5 Å². The fourth-order valence-corrected chi connectivity index (χ4v) is 5.97. The number of amides is 3. The summed E-state index contributed by atoms with van der Waals surface area (Å²) < 4.78 is 5.77. The van der Waals surface area contributed by atoms with Crippen LogP contribution in [-0.2, 0) is 4.79 Å². The second-order valence-corrected chi connectivity index (χ2v) is 9.80. The normalized spacial score (nSPS) is 22.8. The highest BCUT2D eigenvalue weighted by Gasteiger charge is 2.46. The summed E-state index contributed by atoms with van der Waals surface area (Å²) in [4.78, 5) is 36.7. The smallest absolute Gasteiger partial charge is 0.327 e. The topological polar surface area (TPSA) is 108 Å². The van der Waals surface area contributed by atoms with Gasteiger partial charge in [-0.05, 0) is 55.8 Å². The van der Waals surface area contributed by atoms with E-state index in [1.807, 2.05) is 30.3 Å². The van der Waals surface area contributed by atoms with E-state index in [-0.39, 0.29) is 18.0 Å². The summed E-state index contributed by atoms with van der Waals surface area (Å²) in [5.41, 5.74) is 2.31. The van der Waals surface area contributed by atoms with Crippen molar-refractivity contribution in [3.8, 4) is 11.6 Å². The average Bonchev–Trinajstić information content (AvgIpc) is 3.26. The quantitative estimate of drug-likeness (QED) is 0.504. The van der Waals surface area contributed by atoms with Crippen LogP contribution in [0.15, 0.2) is 66.0 Å². The van der Waals surface area contributed by atoms with Gasteiger partial charge in [-0.25, -0.2) is 14.8 Å². The molecule has 0 saturated carbocycles. The third kappa shape index (κ3) is 4.19. The molecule has 1 fully saturated rings. The number of ether oxygens (including phenoxy) is 1. The molecule has 2 unspecified atom stereocenters. The Bertz CT molecular complexity index is 1250. The molecule has 3 amide bonds. The molecule has 178 valence electrons. The van der Waals surface area contributed by atoms with Crippen LogP contribution in [0, 0.1) is 0 Å². The highest BCUT2D eigenvalue weighted by Crippen LogP contribution is 2.50. The number of hydrogen-bond acceptors (Lipinski definition) is 7. The van der Waals surface area contributed by atoms with Gasteiger partial charge in [0.25, 0.3) is 0 Å². The van der Waals surface area contributed by atoms with Crippen molar-refractivity contribution >= 4 is 35.1 Å². The number of piperidine rings is 1. The fraction of sp³-hybridized carbons (Fsp3) is 0.280. The van der Waals surface area contributed by atoms with E-state index in [9.17, 15) is 9.59 Å². The van der Waals surface area contributed by atoms with Crippen LogP contribution in [0.25, 0.3) is 0 Å². The van der Waals surface area contributed by atoms with E-state index in [2.05, 4.69) is 25.9 Å². The van der Waals surface area contributed by atoms with Crippen molar-refractivity contribution in [1.82, 2.24) is 25.9 Å². The van der Waals surface area contributed by atoms with Gasteiger partial charge in [-0.1, -0.05) is 17.8 Å². The molecule has 3 N–H and O–H groups in total. The molecular formula is C25H24N6O3S. The molecule has 0 bridgehead atoms. The van der Waals surface area contributed by atoms with Crippen molar-refractivity contribution in [3.63, 3.8) is 0 Å². The van der Waals surface area contributed by atoms with Crippen LogP contribution in [-0.4, -0.2) is 46.3 Å². The van der Waals surface area contributed by atoms with E-state index in [1.54, 1.807) is 35.5 Å². The lowest BCUT2D eigenvalue weighted by molar-refractivity contribution is -0.121. The van der Waals surface area contributed by atoms with Crippen LogP contribution >= 0.6 is 11.8 Å². The Labute approximate surface area is 206 Å². The number of carbonyl (C=O) groups is 2. The maximum Gasteiger partial charge on any atom is 0.327 e. The van der Waals surface area contributed by atoms with E-state index in [4.69, 9.17) is 4.74 Å². The minimum absolute atomic E-state index is 0.0672. The number of anilines is 2. The molecule has 10 heteroatoms. The molecule has 6 rings (SSSR count). The predicted molar refractivity (Wildman–Crippen MR) is 132 cm³/mol. The number of nitrogens with one attached hydrogen (secondary N) is 3. The Morgan fingerprint density at radius 2 is 2.00 bits per heavy atom. The molecule has 1 aromatic carbocycles. The van der Waals surface area contributed by atoms with Crippen molar-refractivity contribution in [2.45, 2.75) is 35.2 Å². The lowest BCUT2D eigenvalue weighted by Gasteiger charge is -2.34. The molecule has 3 atom stereocenters. The van der Waals surface area contributed by atoms with Crippen LogP contribution in [0.4, 0.5) is 16.2 Å². The van der Waals surface area contributed by atoms with E-state index in [0.717, 1.165) is 42.2 Å². The van der Waals surface area contributed by atoms with E-state index >= 15 is 0 Å². The molecule has 3 aliphatic heterocycles. The molecule has 1 saturated heterocycles. The molecule has 3 aromatic rings. The van der Waals surface area contributed by atoms with Gasteiger partial charge in [0.15, 0.2) is 0 Å². The van der Waals surface area contributed by atoms with Gasteiger partial charge in [-0.2, -0.15) is 0 Å². The first-order valence-corrected chi connectivity index (χ1v) is 12.5. The predicted octanol–water partition coefficient (Wildman–Crippen LogP) is 3.51. The lowest BCUT2D eigenvalue weighted by atomic mass is 9.99. The van der Waals surface area contributed by atoms with Crippen molar-refractivity contribution < 1.29 is 14.3 Å².